The zero-order valence-corrected chi connectivity index (χ0v) is 16.4. The molecule has 146 valence electrons. The third kappa shape index (κ3) is 4.46. The Morgan fingerprint density at radius 1 is 0.897 bits per heavy atom. The van der Waals surface area contributed by atoms with Gasteiger partial charge in [0.2, 0.25) is 0 Å². The van der Waals surface area contributed by atoms with Crippen LogP contribution in [0, 0.1) is 6.92 Å². The van der Waals surface area contributed by atoms with Gasteiger partial charge in [-0.2, -0.15) is 0 Å². The van der Waals surface area contributed by atoms with Crippen LogP contribution in [0.25, 0.3) is 22.4 Å². The van der Waals surface area contributed by atoms with E-state index in [9.17, 15) is 4.79 Å². The van der Waals surface area contributed by atoms with E-state index in [-0.39, 0.29) is 6.03 Å². The number of fused-ring (bicyclic) bond motifs is 1. The predicted molar refractivity (Wildman–Crippen MR) is 117 cm³/mol. The summed E-state index contributed by atoms with van der Waals surface area (Å²) >= 11 is 0. The van der Waals surface area contributed by atoms with Crippen LogP contribution in [-0.4, -0.2) is 22.1 Å². The van der Waals surface area contributed by atoms with Crippen LogP contribution in [0.5, 0.6) is 0 Å². The maximum Gasteiger partial charge on any atom is 0.315 e. The first-order valence-corrected chi connectivity index (χ1v) is 9.78. The number of urea groups is 1. The second kappa shape index (κ2) is 8.61. The topological polar surface area (TPSA) is 59.0 Å². The fourth-order valence-electron chi connectivity index (χ4n) is 3.34. The van der Waals surface area contributed by atoms with Gasteiger partial charge >= 0.3 is 6.03 Å². The van der Waals surface area contributed by atoms with Gasteiger partial charge in [-0.1, -0.05) is 72.3 Å². The summed E-state index contributed by atoms with van der Waals surface area (Å²) in [7, 11) is 0. The number of amides is 2. The Kier molecular flexibility index (Phi) is 5.56. The second-order valence-electron chi connectivity index (χ2n) is 7.04. The molecule has 0 fully saturated rings. The zero-order chi connectivity index (χ0) is 20.1. The molecule has 0 aliphatic carbocycles. The second-order valence-corrected chi connectivity index (χ2v) is 7.04. The molecule has 4 rings (SSSR count). The summed E-state index contributed by atoms with van der Waals surface area (Å²) in [4.78, 5) is 17.0. The van der Waals surface area contributed by atoms with Gasteiger partial charge in [0.15, 0.2) is 0 Å². The lowest BCUT2D eigenvalue weighted by molar-refractivity contribution is 0.240. The van der Waals surface area contributed by atoms with Crippen LogP contribution < -0.4 is 10.6 Å². The van der Waals surface area contributed by atoms with Crippen molar-refractivity contribution in [1.29, 1.82) is 0 Å². The van der Waals surface area contributed by atoms with E-state index in [1.165, 1.54) is 5.56 Å². The van der Waals surface area contributed by atoms with Gasteiger partial charge in [-0.15, -0.1) is 0 Å². The van der Waals surface area contributed by atoms with Crippen LogP contribution in [0.1, 0.15) is 11.1 Å². The molecule has 0 aliphatic rings. The number of aromatic nitrogens is 2. The van der Waals surface area contributed by atoms with Crippen molar-refractivity contribution in [2.24, 2.45) is 0 Å². The number of hydrogen-bond acceptors (Lipinski definition) is 2. The van der Waals surface area contributed by atoms with Gasteiger partial charge in [0.1, 0.15) is 5.82 Å². The van der Waals surface area contributed by atoms with Crippen LogP contribution in [0.15, 0.2) is 78.9 Å². The summed E-state index contributed by atoms with van der Waals surface area (Å²) < 4.78 is 2.16. The lowest BCUT2D eigenvalue weighted by Gasteiger charge is -2.11. The van der Waals surface area contributed by atoms with E-state index in [0.717, 1.165) is 28.0 Å². The minimum Gasteiger partial charge on any atom is -0.336 e. The molecule has 0 saturated carbocycles. The quantitative estimate of drug-likeness (QED) is 0.514. The van der Waals surface area contributed by atoms with Crippen LogP contribution in [0.4, 0.5) is 4.79 Å². The van der Waals surface area contributed by atoms with Crippen molar-refractivity contribution in [3.63, 3.8) is 0 Å². The SMILES string of the molecule is Cc1ccc(CNC(=O)NCCn2c(-c3ccccc3)nc3ccccc32)cc1. The number of benzene rings is 3. The molecule has 5 heteroatoms. The summed E-state index contributed by atoms with van der Waals surface area (Å²) in [5.41, 5.74) is 5.37. The average molecular weight is 384 g/mol. The molecule has 0 saturated heterocycles. The summed E-state index contributed by atoms with van der Waals surface area (Å²) in [5.74, 6) is 0.911. The molecule has 2 N–H and O–H groups in total. The van der Waals surface area contributed by atoms with Crippen LogP contribution in [0.2, 0.25) is 0 Å². The summed E-state index contributed by atoms with van der Waals surface area (Å²) in [5, 5.41) is 5.85. The van der Waals surface area contributed by atoms with E-state index in [4.69, 9.17) is 4.98 Å². The number of nitrogens with zero attached hydrogens (tertiary/aromatic N) is 2. The number of imidazole rings is 1. The summed E-state index contributed by atoms with van der Waals surface area (Å²) in [6, 6.07) is 26.2. The van der Waals surface area contributed by atoms with Crippen molar-refractivity contribution >= 4 is 17.1 Å². The number of carbonyl (C=O) groups excluding carboxylic acids is 1. The monoisotopic (exact) mass is 384 g/mol. The molecule has 0 bridgehead atoms. The number of hydrogen-bond donors (Lipinski definition) is 2. The maximum absolute atomic E-state index is 12.2. The van der Waals surface area contributed by atoms with Gasteiger partial charge in [-0.05, 0) is 24.6 Å². The standard InChI is InChI=1S/C24H24N4O/c1-18-11-13-19(14-12-18)17-26-24(29)25-15-16-28-22-10-6-5-9-21(22)27-23(28)20-7-3-2-4-8-20/h2-14H,15-17H2,1H3,(H2,25,26,29). The first-order chi connectivity index (χ1) is 14.2. The molecule has 3 aromatic carbocycles. The lowest BCUT2D eigenvalue weighted by Crippen LogP contribution is -2.36. The van der Waals surface area contributed by atoms with E-state index in [1.807, 2.05) is 67.6 Å². The van der Waals surface area contributed by atoms with E-state index in [1.54, 1.807) is 0 Å². The van der Waals surface area contributed by atoms with Crippen molar-refractivity contribution in [2.75, 3.05) is 6.54 Å². The lowest BCUT2D eigenvalue weighted by atomic mass is 10.1. The van der Waals surface area contributed by atoms with Crippen LogP contribution >= 0.6 is 0 Å². The molecule has 0 spiro atoms. The molecule has 0 unspecified atom stereocenters. The Morgan fingerprint density at radius 2 is 1.62 bits per heavy atom. The Bertz CT molecular complexity index is 1100. The first-order valence-electron chi connectivity index (χ1n) is 9.78. The normalized spacial score (nSPS) is 10.8. The van der Waals surface area contributed by atoms with Gasteiger partial charge in [0.25, 0.3) is 0 Å². The van der Waals surface area contributed by atoms with Crippen molar-refractivity contribution in [1.82, 2.24) is 20.2 Å². The average Bonchev–Trinajstić information content (AvgIpc) is 3.13. The molecule has 1 aromatic heterocycles. The molecule has 5 nitrogen and oxygen atoms in total. The fraction of sp³-hybridized carbons (Fsp3) is 0.167. The van der Waals surface area contributed by atoms with Gasteiger partial charge < -0.3 is 15.2 Å². The van der Waals surface area contributed by atoms with Gasteiger partial charge in [0.05, 0.1) is 11.0 Å². The van der Waals surface area contributed by atoms with E-state index < -0.39 is 0 Å². The van der Waals surface area contributed by atoms with Crippen molar-refractivity contribution in [2.45, 2.75) is 20.0 Å². The fourth-order valence-corrected chi connectivity index (χ4v) is 3.34. The number of para-hydroxylation sites is 2. The van der Waals surface area contributed by atoms with Crippen molar-refractivity contribution in [3.8, 4) is 11.4 Å². The molecule has 2 amide bonds. The molecule has 4 aromatic rings. The Balaban J connectivity index is 1.41. The minimum atomic E-state index is -0.170. The van der Waals surface area contributed by atoms with Gasteiger partial charge in [-0.25, -0.2) is 9.78 Å². The van der Waals surface area contributed by atoms with Gasteiger partial charge in [-0.3, -0.25) is 0 Å². The molecular formula is C24H24N4O. The Hall–Kier alpha value is -3.60. The molecule has 29 heavy (non-hydrogen) atoms. The Morgan fingerprint density at radius 3 is 2.41 bits per heavy atom. The van der Waals surface area contributed by atoms with Crippen LogP contribution in [0.3, 0.4) is 0 Å². The summed E-state index contributed by atoms with van der Waals surface area (Å²) in [6.07, 6.45) is 0. The molecule has 1 heterocycles. The molecule has 0 aliphatic heterocycles. The number of aryl methyl sites for hydroxylation is 1. The number of rotatable bonds is 6. The largest absolute Gasteiger partial charge is 0.336 e. The Labute approximate surface area is 170 Å². The highest BCUT2D eigenvalue weighted by Gasteiger charge is 2.12. The number of nitrogens with one attached hydrogen (secondary N) is 2. The maximum atomic E-state index is 12.2. The predicted octanol–water partition coefficient (Wildman–Crippen LogP) is 4.51. The molecule has 0 atom stereocenters. The number of carbonyl (C=O) groups is 1. The van der Waals surface area contributed by atoms with E-state index in [2.05, 4.69) is 33.4 Å². The highest BCUT2D eigenvalue weighted by atomic mass is 16.2. The van der Waals surface area contributed by atoms with Crippen molar-refractivity contribution < 1.29 is 4.79 Å². The van der Waals surface area contributed by atoms with Gasteiger partial charge in [0, 0.05) is 25.2 Å². The molecular weight excluding hydrogens is 360 g/mol. The highest BCUT2D eigenvalue weighted by molar-refractivity contribution is 5.80. The highest BCUT2D eigenvalue weighted by Crippen LogP contribution is 2.24. The molecule has 0 radical (unpaired) electrons. The van der Waals surface area contributed by atoms with E-state index in [0.29, 0.717) is 19.6 Å². The first kappa shape index (κ1) is 18.7. The van der Waals surface area contributed by atoms with Crippen molar-refractivity contribution in [3.05, 3.63) is 90.0 Å². The third-order valence-corrected chi connectivity index (χ3v) is 4.88. The minimum absolute atomic E-state index is 0.170. The third-order valence-electron chi connectivity index (χ3n) is 4.88. The van der Waals surface area contributed by atoms with E-state index >= 15 is 0 Å². The zero-order valence-electron chi connectivity index (χ0n) is 16.4. The van der Waals surface area contributed by atoms with Crippen LogP contribution in [-0.2, 0) is 13.1 Å². The smallest absolute Gasteiger partial charge is 0.315 e. The summed E-state index contributed by atoms with van der Waals surface area (Å²) in [6.45, 7) is 3.71.